The summed E-state index contributed by atoms with van der Waals surface area (Å²) < 4.78 is 5.03. The number of ether oxygens (including phenoxy) is 1. The van der Waals surface area contributed by atoms with Gasteiger partial charge < -0.3 is 20.1 Å². The molecule has 7 heteroatoms. The van der Waals surface area contributed by atoms with Gasteiger partial charge >= 0.3 is 0 Å². The van der Waals surface area contributed by atoms with Gasteiger partial charge in [0, 0.05) is 23.7 Å². The van der Waals surface area contributed by atoms with Crippen LogP contribution in [0.3, 0.4) is 0 Å². The van der Waals surface area contributed by atoms with Gasteiger partial charge in [-0.05, 0) is 59.6 Å². The van der Waals surface area contributed by atoms with Gasteiger partial charge in [0.2, 0.25) is 5.91 Å². The van der Waals surface area contributed by atoms with Gasteiger partial charge in [-0.3, -0.25) is 9.59 Å². The molecule has 1 heterocycles. The first kappa shape index (κ1) is 24.9. The van der Waals surface area contributed by atoms with Gasteiger partial charge in [0.05, 0.1) is 7.11 Å². The van der Waals surface area contributed by atoms with Crippen molar-refractivity contribution in [2.75, 3.05) is 20.2 Å². The molecule has 0 aliphatic carbocycles. The van der Waals surface area contributed by atoms with Crippen molar-refractivity contribution < 1.29 is 19.4 Å². The van der Waals surface area contributed by atoms with Gasteiger partial charge in [-0.1, -0.05) is 51.4 Å². The van der Waals surface area contributed by atoms with Crippen LogP contribution in [0.5, 0.6) is 11.5 Å². The van der Waals surface area contributed by atoms with Crippen LogP contribution in [0.1, 0.15) is 56.0 Å². The first-order chi connectivity index (χ1) is 15.5. The molecule has 2 aromatic carbocycles. The summed E-state index contributed by atoms with van der Waals surface area (Å²) in [7, 11) is 1.44. The summed E-state index contributed by atoms with van der Waals surface area (Å²) in [6, 6.07) is 11.7. The van der Waals surface area contributed by atoms with E-state index in [0.29, 0.717) is 24.0 Å². The van der Waals surface area contributed by atoms with E-state index in [2.05, 4.69) is 31.3 Å². The highest BCUT2D eigenvalue weighted by Crippen LogP contribution is 2.42. The molecule has 0 unspecified atom stereocenters. The minimum absolute atomic E-state index is 0.0845. The molecule has 1 fully saturated rings. The van der Waals surface area contributed by atoms with E-state index < -0.39 is 11.9 Å². The Labute approximate surface area is 200 Å². The third-order valence-electron chi connectivity index (χ3n) is 6.47. The number of amides is 2. The lowest BCUT2D eigenvalue weighted by atomic mass is 9.70. The second-order valence-corrected chi connectivity index (χ2v) is 10.2. The number of carbonyl (C=O) groups excluding carboxylic acids is 2. The number of piperidine rings is 1. The van der Waals surface area contributed by atoms with Crippen molar-refractivity contribution in [2.45, 2.75) is 46.1 Å². The van der Waals surface area contributed by atoms with Crippen molar-refractivity contribution in [2.24, 2.45) is 11.3 Å². The molecule has 0 aromatic heterocycles. The van der Waals surface area contributed by atoms with Crippen LogP contribution in [0, 0.1) is 11.3 Å². The van der Waals surface area contributed by atoms with Crippen molar-refractivity contribution in [3.05, 3.63) is 58.6 Å². The van der Waals surface area contributed by atoms with Crippen LogP contribution in [0.15, 0.2) is 42.5 Å². The number of methoxy groups -OCH3 is 1. The minimum Gasteiger partial charge on any atom is -0.504 e. The molecule has 178 valence electrons. The number of aromatic hydroxyl groups is 1. The number of halogens is 1. The number of nitrogens with zero attached hydrogens (tertiary/aromatic N) is 1. The lowest BCUT2D eigenvalue weighted by Crippen LogP contribution is -2.55. The number of likely N-dealkylation sites (tertiary alicyclic amines) is 1. The average Bonchev–Trinajstić information content (AvgIpc) is 2.76. The van der Waals surface area contributed by atoms with Gasteiger partial charge in [-0.2, -0.15) is 0 Å². The van der Waals surface area contributed by atoms with Crippen LogP contribution in [0.4, 0.5) is 0 Å². The van der Waals surface area contributed by atoms with Gasteiger partial charge in [-0.25, -0.2) is 0 Å². The third-order valence-corrected chi connectivity index (χ3v) is 6.73. The zero-order valence-corrected chi connectivity index (χ0v) is 20.6. The Hall–Kier alpha value is -2.73. The second-order valence-electron chi connectivity index (χ2n) is 9.72. The zero-order chi connectivity index (χ0) is 24.3. The van der Waals surface area contributed by atoms with Crippen LogP contribution in [0.25, 0.3) is 0 Å². The molecule has 2 amide bonds. The molecular weight excluding hydrogens is 440 g/mol. The van der Waals surface area contributed by atoms with Gasteiger partial charge in [0.25, 0.3) is 5.91 Å². The largest absolute Gasteiger partial charge is 0.504 e. The molecule has 3 rings (SSSR count). The molecule has 2 aromatic rings. The fourth-order valence-electron chi connectivity index (χ4n) is 4.62. The molecule has 2 N–H and O–H groups in total. The van der Waals surface area contributed by atoms with E-state index in [1.807, 2.05) is 30.9 Å². The summed E-state index contributed by atoms with van der Waals surface area (Å²) in [5, 5.41) is 13.6. The van der Waals surface area contributed by atoms with Gasteiger partial charge in [-0.15, -0.1) is 0 Å². The Morgan fingerprint density at radius 2 is 1.85 bits per heavy atom. The maximum absolute atomic E-state index is 13.5. The van der Waals surface area contributed by atoms with E-state index in [-0.39, 0.29) is 34.3 Å². The second kappa shape index (κ2) is 10.0. The van der Waals surface area contributed by atoms with Crippen LogP contribution in [0.2, 0.25) is 5.02 Å². The Balaban J connectivity index is 1.73. The number of rotatable bonds is 6. The number of carbonyl (C=O) groups is 2. The number of benzene rings is 2. The van der Waals surface area contributed by atoms with Crippen LogP contribution in [-0.2, 0) is 4.79 Å². The standard InChI is InChI=1S/C26H33ClN2O4/c1-16(2)23(28-24(31)18-8-11-22(33-5)21(30)14-18)25(32)29-13-12-20(26(3,4)15-29)17-6-9-19(27)10-7-17/h6-11,14,16,20,23,30H,12-13,15H2,1-5H3,(H,28,31)/t20-,23-/m1/s1. The number of phenolic OH excluding ortho intramolecular Hbond substituents is 1. The zero-order valence-electron chi connectivity index (χ0n) is 19.9. The van der Waals surface area contributed by atoms with Crippen molar-refractivity contribution in [3.63, 3.8) is 0 Å². The molecular formula is C26H33ClN2O4. The molecule has 0 radical (unpaired) electrons. The molecule has 0 spiro atoms. The number of phenols is 1. The monoisotopic (exact) mass is 472 g/mol. The summed E-state index contributed by atoms with van der Waals surface area (Å²) in [5.41, 5.74) is 1.37. The number of nitrogens with one attached hydrogen (secondary N) is 1. The molecule has 2 atom stereocenters. The molecule has 33 heavy (non-hydrogen) atoms. The third kappa shape index (κ3) is 5.61. The van der Waals surface area contributed by atoms with E-state index in [1.54, 1.807) is 6.07 Å². The van der Waals surface area contributed by atoms with Crippen molar-refractivity contribution >= 4 is 23.4 Å². The van der Waals surface area contributed by atoms with Crippen molar-refractivity contribution in [1.82, 2.24) is 10.2 Å². The van der Waals surface area contributed by atoms with Crippen LogP contribution in [-0.4, -0.2) is 48.1 Å². The fourth-order valence-corrected chi connectivity index (χ4v) is 4.75. The van der Waals surface area contributed by atoms with Crippen molar-refractivity contribution in [1.29, 1.82) is 0 Å². The van der Waals surface area contributed by atoms with Crippen molar-refractivity contribution in [3.8, 4) is 11.5 Å². The van der Waals surface area contributed by atoms with E-state index in [4.69, 9.17) is 16.3 Å². The highest BCUT2D eigenvalue weighted by atomic mass is 35.5. The van der Waals surface area contributed by atoms with Gasteiger partial charge in [0.1, 0.15) is 6.04 Å². The summed E-state index contributed by atoms with van der Waals surface area (Å²) in [6.07, 6.45) is 0.839. The predicted octanol–water partition coefficient (Wildman–Crippen LogP) is 4.85. The first-order valence-corrected chi connectivity index (χ1v) is 11.6. The van der Waals surface area contributed by atoms with E-state index in [9.17, 15) is 14.7 Å². The molecule has 6 nitrogen and oxygen atoms in total. The minimum atomic E-state index is -0.662. The topological polar surface area (TPSA) is 78.9 Å². The highest BCUT2D eigenvalue weighted by Gasteiger charge is 2.40. The molecule has 1 saturated heterocycles. The Morgan fingerprint density at radius 3 is 2.39 bits per heavy atom. The quantitative estimate of drug-likeness (QED) is 0.629. The van der Waals surface area contributed by atoms with E-state index in [1.165, 1.54) is 24.8 Å². The fraction of sp³-hybridized carbons (Fsp3) is 0.462. The summed E-state index contributed by atoms with van der Waals surface area (Å²) in [6.45, 7) is 9.41. The maximum atomic E-state index is 13.5. The Bertz CT molecular complexity index is 1000. The van der Waals surface area contributed by atoms with E-state index >= 15 is 0 Å². The van der Waals surface area contributed by atoms with Crippen LogP contribution < -0.4 is 10.1 Å². The molecule has 1 aliphatic heterocycles. The summed E-state index contributed by atoms with van der Waals surface area (Å²) in [5.74, 6) is -0.106. The summed E-state index contributed by atoms with van der Waals surface area (Å²) >= 11 is 6.05. The SMILES string of the molecule is COc1ccc(C(=O)N[C@@H](C(=O)N2CC[C@H](c3ccc(Cl)cc3)C(C)(C)C2)C(C)C)cc1O. The first-order valence-electron chi connectivity index (χ1n) is 11.3. The normalized spacial score (nSPS) is 18.6. The Morgan fingerprint density at radius 1 is 1.18 bits per heavy atom. The smallest absolute Gasteiger partial charge is 0.252 e. The van der Waals surface area contributed by atoms with Crippen LogP contribution >= 0.6 is 11.6 Å². The molecule has 0 bridgehead atoms. The lowest BCUT2D eigenvalue weighted by molar-refractivity contribution is -0.137. The number of hydrogen-bond acceptors (Lipinski definition) is 4. The van der Waals surface area contributed by atoms with E-state index in [0.717, 1.165) is 6.42 Å². The molecule has 1 aliphatic rings. The average molecular weight is 473 g/mol. The maximum Gasteiger partial charge on any atom is 0.252 e. The lowest BCUT2D eigenvalue weighted by Gasteiger charge is -2.45. The number of hydrogen-bond donors (Lipinski definition) is 2. The predicted molar refractivity (Wildman–Crippen MR) is 130 cm³/mol. The van der Waals surface area contributed by atoms with Gasteiger partial charge in [0.15, 0.2) is 11.5 Å². The molecule has 0 saturated carbocycles. The summed E-state index contributed by atoms with van der Waals surface area (Å²) in [4.78, 5) is 28.2. The highest BCUT2D eigenvalue weighted by molar-refractivity contribution is 6.30. The Kier molecular flexibility index (Phi) is 7.58.